The fourth-order valence-corrected chi connectivity index (χ4v) is 2.84. The number of aliphatic hydroxyl groups excluding tert-OH is 1. The van der Waals surface area contributed by atoms with Gasteiger partial charge in [-0.05, 0) is 24.3 Å². The number of ether oxygens (including phenoxy) is 1. The van der Waals surface area contributed by atoms with Crippen LogP contribution in [-0.4, -0.2) is 36.7 Å². The van der Waals surface area contributed by atoms with Crippen molar-refractivity contribution in [3.63, 3.8) is 0 Å². The lowest BCUT2D eigenvalue weighted by atomic mass is 10.2. The monoisotopic (exact) mass is 269 g/mol. The first kappa shape index (κ1) is 15.3. The molecule has 102 valence electrons. The van der Waals surface area contributed by atoms with Crippen LogP contribution in [0.2, 0.25) is 0 Å². The van der Waals surface area contributed by atoms with Crippen LogP contribution in [0, 0.1) is 0 Å². The summed E-state index contributed by atoms with van der Waals surface area (Å²) in [5.41, 5.74) is 0. The average Bonchev–Trinajstić information content (AvgIpc) is 2.37. The molecule has 0 aliphatic carbocycles. The van der Waals surface area contributed by atoms with Crippen LogP contribution < -0.4 is 10.1 Å². The second-order valence-corrected chi connectivity index (χ2v) is 5.63. The maximum atomic E-state index is 9.28. The zero-order valence-corrected chi connectivity index (χ0v) is 12.2. The van der Waals surface area contributed by atoms with Gasteiger partial charge in [0.25, 0.3) is 0 Å². The minimum Gasteiger partial charge on any atom is -0.496 e. The number of para-hydroxylation sites is 1. The van der Waals surface area contributed by atoms with E-state index in [2.05, 4.69) is 25.2 Å². The van der Waals surface area contributed by atoms with Gasteiger partial charge in [0, 0.05) is 17.0 Å². The summed E-state index contributed by atoms with van der Waals surface area (Å²) in [7, 11) is 1.69. The Balaban J connectivity index is 2.40. The number of thioether (sulfide) groups is 1. The van der Waals surface area contributed by atoms with Crippen molar-refractivity contribution in [3.8, 4) is 5.75 Å². The normalized spacial score (nSPS) is 12.7. The topological polar surface area (TPSA) is 41.5 Å². The van der Waals surface area contributed by atoms with Gasteiger partial charge >= 0.3 is 0 Å². The Labute approximate surface area is 114 Å². The van der Waals surface area contributed by atoms with E-state index in [0.29, 0.717) is 6.04 Å². The lowest BCUT2D eigenvalue weighted by Crippen LogP contribution is -2.37. The third kappa shape index (κ3) is 5.29. The summed E-state index contributed by atoms with van der Waals surface area (Å²) < 4.78 is 5.31. The fraction of sp³-hybridized carbons (Fsp3) is 0.571. The molecule has 0 radical (unpaired) electrons. The Morgan fingerprint density at radius 2 is 2.06 bits per heavy atom. The Morgan fingerprint density at radius 3 is 2.67 bits per heavy atom. The van der Waals surface area contributed by atoms with Crippen LogP contribution in [0.5, 0.6) is 5.75 Å². The Hall–Kier alpha value is -0.710. The predicted octanol–water partition coefficient (Wildman–Crippen LogP) is 2.54. The van der Waals surface area contributed by atoms with Crippen molar-refractivity contribution in [1.82, 2.24) is 5.32 Å². The maximum absolute atomic E-state index is 9.28. The summed E-state index contributed by atoms with van der Waals surface area (Å²) in [5.74, 6) is 1.88. The molecule has 0 heterocycles. The number of hydrogen-bond acceptors (Lipinski definition) is 4. The lowest BCUT2D eigenvalue weighted by Gasteiger charge is -2.18. The second-order valence-electron chi connectivity index (χ2n) is 4.49. The average molecular weight is 269 g/mol. The summed E-state index contributed by atoms with van der Waals surface area (Å²) in [5, 5.41) is 12.6. The van der Waals surface area contributed by atoms with E-state index in [4.69, 9.17) is 4.74 Å². The van der Waals surface area contributed by atoms with Gasteiger partial charge in [0.15, 0.2) is 0 Å². The standard InChI is InChI=1S/C14H23NO2S/c1-11(2)15-12(10-16)8-9-18-14-7-5-4-6-13(14)17-3/h4-7,11-12,15-16H,8-10H2,1-3H3. The summed E-state index contributed by atoms with van der Waals surface area (Å²) in [6, 6.07) is 8.59. The van der Waals surface area contributed by atoms with Crippen molar-refractivity contribution in [1.29, 1.82) is 0 Å². The highest BCUT2D eigenvalue weighted by molar-refractivity contribution is 7.99. The van der Waals surface area contributed by atoms with Crippen molar-refractivity contribution < 1.29 is 9.84 Å². The van der Waals surface area contributed by atoms with Crippen molar-refractivity contribution >= 4 is 11.8 Å². The first-order chi connectivity index (χ1) is 8.67. The van der Waals surface area contributed by atoms with Crippen molar-refractivity contribution in [2.45, 2.75) is 37.2 Å². The Kier molecular flexibility index (Phi) is 7.16. The highest BCUT2D eigenvalue weighted by Gasteiger charge is 2.09. The number of benzene rings is 1. The zero-order chi connectivity index (χ0) is 13.4. The molecule has 0 amide bonds. The predicted molar refractivity (Wildman–Crippen MR) is 77.5 cm³/mol. The molecule has 0 aliphatic rings. The molecular weight excluding hydrogens is 246 g/mol. The lowest BCUT2D eigenvalue weighted by molar-refractivity contribution is 0.232. The van der Waals surface area contributed by atoms with E-state index in [0.717, 1.165) is 22.8 Å². The van der Waals surface area contributed by atoms with Gasteiger partial charge in [0.05, 0.1) is 13.7 Å². The first-order valence-corrected chi connectivity index (χ1v) is 7.28. The smallest absolute Gasteiger partial charge is 0.132 e. The van der Waals surface area contributed by atoms with Gasteiger partial charge in [-0.15, -0.1) is 11.8 Å². The van der Waals surface area contributed by atoms with Crippen LogP contribution in [0.15, 0.2) is 29.2 Å². The molecule has 18 heavy (non-hydrogen) atoms. The minimum atomic E-state index is 0.173. The number of rotatable bonds is 8. The minimum absolute atomic E-state index is 0.173. The van der Waals surface area contributed by atoms with Crippen molar-refractivity contribution in [3.05, 3.63) is 24.3 Å². The summed E-state index contributed by atoms with van der Waals surface area (Å²) in [4.78, 5) is 1.15. The van der Waals surface area contributed by atoms with Gasteiger partial charge in [-0.2, -0.15) is 0 Å². The molecule has 0 bridgehead atoms. The van der Waals surface area contributed by atoms with Crippen LogP contribution in [0.4, 0.5) is 0 Å². The summed E-state index contributed by atoms with van der Waals surface area (Å²) in [6.07, 6.45) is 0.942. The second kappa shape index (κ2) is 8.40. The highest BCUT2D eigenvalue weighted by atomic mass is 32.2. The number of nitrogens with one attached hydrogen (secondary N) is 1. The molecule has 0 spiro atoms. The molecule has 3 nitrogen and oxygen atoms in total. The molecule has 0 fully saturated rings. The van der Waals surface area contributed by atoms with E-state index in [1.807, 2.05) is 18.2 Å². The van der Waals surface area contributed by atoms with Crippen LogP contribution in [0.25, 0.3) is 0 Å². The van der Waals surface area contributed by atoms with E-state index in [1.165, 1.54) is 0 Å². The van der Waals surface area contributed by atoms with Crippen molar-refractivity contribution in [2.24, 2.45) is 0 Å². The summed E-state index contributed by atoms with van der Waals surface area (Å²) >= 11 is 1.77. The molecule has 2 N–H and O–H groups in total. The number of aliphatic hydroxyl groups is 1. The molecule has 0 aromatic heterocycles. The van der Waals surface area contributed by atoms with Crippen LogP contribution in [0.3, 0.4) is 0 Å². The number of methoxy groups -OCH3 is 1. The molecule has 0 saturated carbocycles. The van der Waals surface area contributed by atoms with Gasteiger partial charge in [-0.3, -0.25) is 0 Å². The summed E-state index contributed by atoms with van der Waals surface area (Å²) in [6.45, 7) is 4.37. The Morgan fingerprint density at radius 1 is 1.33 bits per heavy atom. The van der Waals surface area contributed by atoms with Gasteiger partial charge in [-0.25, -0.2) is 0 Å². The molecule has 1 unspecified atom stereocenters. The molecule has 1 aromatic carbocycles. The zero-order valence-electron chi connectivity index (χ0n) is 11.3. The van der Waals surface area contributed by atoms with E-state index >= 15 is 0 Å². The van der Waals surface area contributed by atoms with Gasteiger partial charge < -0.3 is 15.2 Å². The molecule has 1 rings (SSSR count). The van der Waals surface area contributed by atoms with E-state index in [-0.39, 0.29) is 12.6 Å². The molecule has 4 heteroatoms. The van der Waals surface area contributed by atoms with E-state index in [9.17, 15) is 5.11 Å². The molecule has 1 atom stereocenters. The number of hydrogen-bond donors (Lipinski definition) is 2. The third-order valence-electron chi connectivity index (χ3n) is 2.58. The largest absolute Gasteiger partial charge is 0.496 e. The van der Waals surface area contributed by atoms with Crippen molar-refractivity contribution in [2.75, 3.05) is 19.5 Å². The third-order valence-corrected chi connectivity index (χ3v) is 3.67. The van der Waals surface area contributed by atoms with Gasteiger partial charge in [-0.1, -0.05) is 26.0 Å². The van der Waals surface area contributed by atoms with Crippen LogP contribution >= 0.6 is 11.8 Å². The Bertz CT molecular complexity index is 344. The van der Waals surface area contributed by atoms with Crippen LogP contribution in [0.1, 0.15) is 20.3 Å². The molecule has 0 aliphatic heterocycles. The van der Waals surface area contributed by atoms with E-state index in [1.54, 1.807) is 18.9 Å². The van der Waals surface area contributed by atoms with Gasteiger partial charge in [0.1, 0.15) is 5.75 Å². The van der Waals surface area contributed by atoms with Gasteiger partial charge in [0.2, 0.25) is 0 Å². The molecule has 1 aromatic rings. The molecule has 0 saturated heterocycles. The fourth-order valence-electron chi connectivity index (χ4n) is 1.75. The highest BCUT2D eigenvalue weighted by Crippen LogP contribution is 2.29. The van der Waals surface area contributed by atoms with E-state index < -0.39 is 0 Å². The van der Waals surface area contributed by atoms with Crippen LogP contribution in [-0.2, 0) is 0 Å². The quantitative estimate of drug-likeness (QED) is 0.712. The SMILES string of the molecule is COc1ccccc1SCCC(CO)NC(C)C. The maximum Gasteiger partial charge on any atom is 0.132 e. The first-order valence-electron chi connectivity index (χ1n) is 6.30. The molecular formula is C14H23NO2S.